The Kier molecular flexibility index (Phi) is 7.39. The van der Waals surface area contributed by atoms with E-state index in [1.165, 1.54) is 6.33 Å². The summed E-state index contributed by atoms with van der Waals surface area (Å²) >= 11 is 0. The second-order valence-corrected chi connectivity index (χ2v) is 9.30. The number of nitrogens with zero attached hydrogens (tertiary/aromatic N) is 4. The number of hydrogen-bond donors (Lipinski definition) is 1. The summed E-state index contributed by atoms with van der Waals surface area (Å²) in [7, 11) is 0. The van der Waals surface area contributed by atoms with Gasteiger partial charge in [-0.25, -0.2) is 9.67 Å². The molecule has 3 aromatic rings. The Hall–Kier alpha value is -3.81. The highest BCUT2D eigenvalue weighted by molar-refractivity contribution is 5.98. The van der Waals surface area contributed by atoms with Gasteiger partial charge in [-0.1, -0.05) is 44.2 Å². The van der Waals surface area contributed by atoms with Crippen LogP contribution in [0.3, 0.4) is 0 Å². The van der Waals surface area contributed by atoms with Gasteiger partial charge in [-0.2, -0.15) is 5.10 Å². The van der Waals surface area contributed by atoms with Crippen LogP contribution in [0.15, 0.2) is 67.3 Å². The predicted octanol–water partition coefficient (Wildman–Crippen LogP) is 3.22. The van der Waals surface area contributed by atoms with Crippen molar-refractivity contribution in [3.8, 4) is 5.69 Å². The van der Waals surface area contributed by atoms with Gasteiger partial charge in [-0.3, -0.25) is 9.59 Å². The zero-order valence-electron chi connectivity index (χ0n) is 20.0. The van der Waals surface area contributed by atoms with Gasteiger partial charge in [0.05, 0.1) is 5.69 Å². The molecule has 1 aliphatic rings. The van der Waals surface area contributed by atoms with Crippen molar-refractivity contribution in [3.05, 3.63) is 84.8 Å². The van der Waals surface area contributed by atoms with E-state index in [1.54, 1.807) is 40.2 Å². The van der Waals surface area contributed by atoms with Crippen LogP contribution in [-0.4, -0.2) is 55.9 Å². The van der Waals surface area contributed by atoms with E-state index in [-0.39, 0.29) is 17.7 Å². The van der Waals surface area contributed by atoms with Crippen molar-refractivity contribution >= 4 is 18.1 Å². The largest absolute Gasteiger partial charge is 0.340 e. The molecule has 2 heterocycles. The molecule has 1 fully saturated rings. The van der Waals surface area contributed by atoms with Crippen LogP contribution in [0.2, 0.25) is 0 Å². The first-order valence-electron chi connectivity index (χ1n) is 11.9. The number of aldehydes is 1. The molecule has 2 aromatic carbocycles. The maximum absolute atomic E-state index is 13.8. The number of aromatic nitrogens is 3. The van der Waals surface area contributed by atoms with E-state index < -0.39 is 11.6 Å². The lowest BCUT2D eigenvalue weighted by Crippen LogP contribution is -2.56. The van der Waals surface area contributed by atoms with Gasteiger partial charge in [0.25, 0.3) is 5.91 Å². The number of hydrogen-bond acceptors (Lipinski definition) is 5. The summed E-state index contributed by atoms with van der Waals surface area (Å²) in [6, 6.07) is 15.7. The smallest absolute Gasteiger partial charge is 0.251 e. The second-order valence-electron chi connectivity index (χ2n) is 9.30. The van der Waals surface area contributed by atoms with E-state index >= 15 is 0 Å². The molecular formula is C27H30N5O3. The molecular weight excluding hydrogens is 442 g/mol. The summed E-state index contributed by atoms with van der Waals surface area (Å²) in [6.45, 7) is 4.47. The molecule has 0 unspecified atom stereocenters. The lowest BCUT2D eigenvalue weighted by molar-refractivity contribution is -0.140. The Bertz CT molecular complexity index is 1160. The summed E-state index contributed by atoms with van der Waals surface area (Å²) < 4.78 is 1.64. The van der Waals surface area contributed by atoms with Crippen LogP contribution in [0.5, 0.6) is 0 Å². The van der Waals surface area contributed by atoms with Gasteiger partial charge < -0.3 is 15.0 Å². The van der Waals surface area contributed by atoms with Gasteiger partial charge >= 0.3 is 0 Å². The molecule has 1 N–H and O–H groups in total. The van der Waals surface area contributed by atoms with E-state index in [2.05, 4.69) is 15.4 Å². The minimum Gasteiger partial charge on any atom is -0.340 e. The molecule has 1 aliphatic heterocycles. The van der Waals surface area contributed by atoms with E-state index in [9.17, 15) is 14.4 Å². The average molecular weight is 473 g/mol. The highest BCUT2D eigenvalue weighted by atomic mass is 16.2. The number of rotatable bonds is 9. The lowest BCUT2D eigenvalue weighted by atomic mass is 9.88. The number of likely N-dealkylation sites (tertiary alicyclic amines) is 1. The molecule has 0 aliphatic carbocycles. The maximum atomic E-state index is 13.8. The van der Waals surface area contributed by atoms with Gasteiger partial charge in [0.15, 0.2) is 0 Å². The predicted molar refractivity (Wildman–Crippen MR) is 132 cm³/mol. The van der Waals surface area contributed by atoms with Crippen LogP contribution in [0.4, 0.5) is 0 Å². The fourth-order valence-corrected chi connectivity index (χ4v) is 4.58. The zero-order chi connectivity index (χ0) is 24.8. The van der Waals surface area contributed by atoms with E-state index in [4.69, 9.17) is 0 Å². The Morgan fingerprint density at radius 2 is 1.94 bits per heavy atom. The summed E-state index contributed by atoms with van der Waals surface area (Å²) in [5.74, 6) is -0.363. The Labute approximate surface area is 205 Å². The fraction of sp³-hybridized carbons (Fsp3) is 0.333. The van der Waals surface area contributed by atoms with Crippen molar-refractivity contribution in [2.45, 2.75) is 44.7 Å². The number of carbonyl (C=O) groups is 3. The number of benzene rings is 2. The molecule has 1 aromatic heterocycles. The maximum Gasteiger partial charge on any atom is 0.251 e. The van der Waals surface area contributed by atoms with Crippen LogP contribution < -0.4 is 5.32 Å². The second kappa shape index (κ2) is 10.6. The first-order chi connectivity index (χ1) is 16.9. The average Bonchev–Trinajstić information content (AvgIpc) is 3.54. The minimum atomic E-state index is -1.08. The van der Waals surface area contributed by atoms with Gasteiger partial charge in [0.1, 0.15) is 30.5 Å². The summed E-state index contributed by atoms with van der Waals surface area (Å²) in [6.07, 6.45) is 7.46. The van der Waals surface area contributed by atoms with E-state index in [0.29, 0.717) is 31.4 Å². The van der Waals surface area contributed by atoms with Crippen molar-refractivity contribution in [2.75, 3.05) is 6.54 Å². The SMILES string of the molecule is CC(C)C[C@@H](NC(=O)c1ccccc1)C(=O)N1CCC[C@]1([CH]c1cccc(-n2cncn2)c1)C=O. The zero-order valence-corrected chi connectivity index (χ0v) is 20.0. The molecule has 0 bridgehead atoms. The third-order valence-electron chi connectivity index (χ3n) is 6.25. The molecule has 1 radical (unpaired) electrons. The molecule has 181 valence electrons. The van der Waals surface area contributed by atoms with Crippen LogP contribution >= 0.6 is 0 Å². The monoisotopic (exact) mass is 472 g/mol. The van der Waals surface area contributed by atoms with Crippen molar-refractivity contribution in [2.24, 2.45) is 5.92 Å². The third-order valence-corrected chi connectivity index (χ3v) is 6.25. The molecule has 35 heavy (non-hydrogen) atoms. The molecule has 2 amide bonds. The Balaban J connectivity index is 1.57. The van der Waals surface area contributed by atoms with Gasteiger partial charge in [0.2, 0.25) is 5.91 Å². The number of carbonyl (C=O) groups excluding carboxylic acids is 3. The van der Waals surface area contributed by atoms with Crippen LogP contribution in [0.1, 0.15) is 49.0 Å². The minimum absolute atomic E-state index is 0.177. The topological polar surface area (TPSA) is 97.2 Å². The molecule has 0 spiro atoms. The standard InChI is InChI=1S/C27H30N5O3/c1-20(2)14-24(30-25(34)22-9-4-3-5-10-22)26(35)31-13-7-12-27(31,17-33)16-21-8-6-11-23(15-21)32-19-28-18-29-32/h3-6,8-11,15-20,24H,7,12-14H2,1-2H3,(H,30,34)/t24-,27+/m1/s1. The molecule has 8 nitrogen and oxygen atoms in total. The highest BCUT2D eigenvalue weighted by Gasteiger charge is 2.46. The Morgan fingerprint density at radius 3 is 2.63 bits per heavy atom. The summed E-state index contributed by atoms with van der Waals surface area (Å²) in [4.78, 5) is 44.8. The Morgan fingerprint density at radius 1 is 1.14 bits per heavy atom. The molecule has 1 saturated heterocycles. The van der Waals surface area contributed by atoms with E-state index in [1.807, 2.05) is 50.6 Å². The van der Waals surface area contributed by atoms with Gasteiger partial charge in [-0.15, -0.1) is 0 Å². The molecule has 4 rings (SSSR count). The normalized spacial score (nSPS) is 18.4. The number of nitrogens with one attached hydrogen (secondary N) is 1. The van der Waals surface area contributed by atoms with Gasteiger partial charge in [0, 0.05) is 18.5 Å². The van der Waals surface area contributed by atoms with Crippen LogP contribution in [0, 0.1) is 12.3 Å². The molecule has 0 saturated carbocycles. The van der Waals surface area contributed by atoms with Crippen LogP contribution in [0.25, 0.3) is 5.69 Å². The molecule has 8 heteroatoms. The highest BCUT2D eigenvalue weighted by Crippen LogP contribution is 2.34. The van der Waals surface area contributed by atoms with Crippen molar-refractivity contribution in [3.63, 3.8) is 0 Å². The van der Waals surface area contributed by atoms with Crippen molar-refractivity contribution in [1.82, 2.24) is 25.0 Å². The third kappa shape index (κ3) is 5.48. The van der Waals surface area contributed by atoms with Crippen molar-refractivity contribution < 1.29 is 14.4 Å². The van der Waals surface area contributed by atoms with E-state index in [0.717, 1.165) is 17.5 Å². The first-order valence-corrected chi connectivity index (χ1v) is 11.9. The lowest BCUT2D eigenvalue weighted by Gasteiger charge is -2.36. The quantitative estimate of drug-likeness (QED) is 0.482. The van der Waals surface area contributed by atoms with Crippen LogP contribution in [-0.2, 0) is 9.59 Å². The number of amides is 2. The molecule has 2 atom stereocenters. The first kappa shape index (κ1) is 24.3. The fourth-order valence-electron chi connectivity index (χ4n) is 4.58. The summed E-state index contributed by atoms with van der Waals surface area (Å²) in [5, 5.41) is 7.08. The van der Waals surface area contributed by atoms with Crippen molar-refractivity contribution in [1.29, 1.82) is 0 Å². The van der Waals surface area contributed by atoms with Gasteiger partial charge in [-0.05, 0) is 55.0 Å². The summed E-state index contributed by atoms with van der Waals surface area (Å²) in [5.41, 5.74) is 1.03.